The van der Waals surface area contributed by atoms with E-state index < -0.39 is 0 Å². The fraction of sp³-hybridized carbons (Fsp3) is 1.00. The van der Waals surface area contributed by atoms with Crippen molar-refractivity contribution >= 4 is 0 Å². The molecule has 0 amide bonds. The Bertz CT molecular complexity index is 383. The van der Waals surface area contributed by atoms with Gasteiger partial charge in [-0.1, -0.05) is 183 Å². The third-order valence-corrected chi connectivity index (χ3v) is 9.20. The monoisotopic (exact) mass is 479 g/mol. The van der Waals surface area contributed by atoms with Crippen LogP contribution in [0.15, 0.2) is 0 Å². The van der Waals surface area contributed by atoms with Crippen LogP contribution in [0.3, 0.4) is 0 Å². The van der Waals surface area contributed by atoms with Crippen LogP contribution in [0.25, 0.3) is 0 Å². The lowest BCUT2D eigenvalue weighted by Crippen LogP contribution is -2.19. The molecule has 206 valence electrons. The quantitative estimate of drug-likeness (QED) is 0.108. The molecule has 0 aliphatic heterocycles. The van der Waals surface area contributed by atoms with Gasteiger partial charge in [-0.3, -0.25) is 0 Å². The molecule has 4 atom stereocenters. The van der Waals surface area contributed by atoms with Crippen LogP contribution in [0.2, 0.25) is 0 Å². The third kappa shape index (κ3) is 20.2. The van der Waals surface area contributed by atoms with E-state index in [0.29, 0.717) is 0 Å². The van der Waals surface area contributed by atoms with E-state index in [2.05, 4.69) is 48.5 Å². The van der Waals surface area contributed by atoms with Crippen LogP contribution in [-0.2, 0) is 0 Å². The Morgan fingerprint density at radius 3 is 1.09 bits per heavy atom. The lowest BCUT2D eigenvalue weighted by Gasteiger charge is -2.29. The summed E-state index contributed by atoms with van der Waals surface area (Å²) in [6.45, 7) is 17.0. The lowest BCUT2D eigenvalue weighted by molar-refractivity contribution is 0.212. The minimum absolute atomic E-state index is 0.862. The molecule has 0 spiro atoms. The van der Waals surface area contributed by atoms with Crippen LogP contribution in [0.5, 0.6) is 0 Å². The average molecular weight is 479 g/mol. The van der Waals surface area contributed by atoms with Crippen molar-refractivity contribution in [3.8, 4) is 0 Å². The smallest absolute Gasteiger partial charge is 0.0363 e. The number of rotatable bonds is 26. The molecule has 0 aliphatic rings. The van der Waals surface area contributed by atoms with Crippen LogP contribution in [-0.4, -0.2) is 0 Å². The lowest BCUT2D eigenvalue weighted by atomic mass is 9.76. The Morgan fingerprint density at radius 2 is 0.706 bits per heavy atom. The molecule has 0 N–H and O–H groups in total. The van der Waals surface area contributed by atoms with Gasteiger partial charge in [-0.15, -0.1) is 0 Å². The average Bonchev–Trinajstić information content (AvgIpc) is 2.82. The first-order valence-electron chi connectivity index (χ1n) is 16.4. The van der Waals surface area contributed by atoms with Gasteiger partial charge in [0.15, 0.2) is 0 Å². The molecule has 0 fully saturated rings. The normalized spacial score (nSPS) is 15.5. The molecule has 0 nitrogen and oxygen atoms in total. The minimum atomic E-state index is 0.862. The van der Waals surface area contributed by atoms with Gasteiger partial charge >= 0.3 is 0 Å². The van der Waals surface area contributed by atoms with Crippen LogP contribution in [0.4, 0.5) is 0 Å². The number of unbranched alkanes of at least 4 members (excludes halogenated alkanes) is 16. The molecule has 0 aromatic carbocycles. The van der Waals surface area contributed by atoms with Gasteiger partial charge in [-0.05, 0) is 36.0 Å². The summed E-state index contributed by atoms with van der Waals surface area (Å²) in [6, 6.07) is 0. The first kappa shape index (κ1) is 34.0. The maximum absolute atomic E-state index is 2.56. The molecular formula is C34H70. The maximum atomic E-state index is 2.56. The van der Waals surface area contributed by atoms with Gasteiger partial charge in [0, 0.05) is 0 Å². The highest BCUT2D eigenvalue weighted by Gasteiger charge is 2.21. The van der Waals surface area contributed by atoms with E-state index in [0.717, 1.165) is 29.6 Å². The second-order valence-electron chi connectivity index (χ2n) is 12.6. The standard InChI is InChI=1S/C34H70/c1-8-10-11-21-26-29-34(31(5)9-2)33(7)28-25-23-20-18-16-14-12-13-15-17-19-22-24-27-32(6)30(3)4/h30-34H,8-29H2,1-7H3. The molecule has 34 heavy (non-hydrogen) atoms. The maximum Gasteiger partial charge on any atom is -0.0363 e. The van der Waals surface area contributed by atoms with Crippen molar-refractivity contribution in [1.29, 1.82) is 0 Å². The van der Waals surface area contributed by atoms with E-state index in [1.54, 1.807) is 0 Å². The summed E-state index contributed by atoms with van der Waals surface area (Å²) in [6.07, 6.45) is 32.1. The first-order chi connectivity index (χ1) is 16.4. The van der Waals surface area contributed by atoms with Gasteiger partial charge in [-0.2, -0.15) is 0 Å². The van der Waals surface area contributed by atoms with E-state index in [4.69, 9.17) is 0 Å². The fourth-order valence-corrected chi connectivity index (χ4v) is 5.84. The Morgan fingerprint density at radius 1 is 0.353 bits per heavy atom. The summed E-state index contributed by atoms with van der Waals surface area (Å²) in [5, 5.41) is 0. The van der Waals surface area contributed by atoms with E-state index in [-0.39, 0.29) is 0 Å². The van der Waals surface area contributed by atoms with Crippen molar-refractivity contribution in [2.75, 3.05) is 0 Å². The Balaban J connectivity index is 3.57. The topological polar surface area (TPSA) is 0 Å². The second-order valence-corrected chi connectivity index (χ2v) is 12.6. The predicted molar refractivity (Wildman–Crippen MR) is 159 cm³/mol. The Kier molecular flexibility index (Phi) is 24.7. The molecule has 0 heteroatoms. The summed E-state index contributed by atoms with van der Waals surface area (Å²) in [5.74, 6) is 4.58. The van der Waals surface area contributed by atoms with Gasteiger partial charge in [0.2, 0.25) is 0 Å². The van der Waals surface area contributed by atoms with Gasteiger partial charge in [0.05, 0.1) is 0 Å². The predicted octanol–water partition coefficient (Wildman–Crippen LogP) is 12.8. The van der Waals surface area contributed by atoms with Gasteiger partial charge in [0.1, 0.15) is 0 Å². The SMILES string of the molecule is CCCCCCCC(C(C)CC)C(C)CCCCCCCCCCCCCCCC(C)C(C)C. The second kappa shape index (κ2) is 24.7. The molecule has 4 unspecified atom stereocenters. The summed E-state index contributed by atoms with van der Waals surface area (Å²) < 4.78 is 0. The zero-order valence-electron chi connectivity index (χ0n) is 25.4. The summed E-state index contributed by atoms with van der Waals surface area (Å²) >= 11 is 0. The molecule has 0 aromatic heterocycles. The van der Waals surface area contributed by atoms with Gasteiger partial charge < -0.3 is 0 Å². The highest BCUT2D eigenvalue weighted by atomic mass is 14.3. The number of hydrogen-bond acceptors (Lipinski definition) is 0. The zero-order chi connectivity index (χ0) is 25.4. The van der Waals surface area contributed by atoms with E-state index in [9.17, 15) is 0 Å². The molecule has 0 rings (SSSR count). The molecule has 0 saturated carbocycles. The van der Waals surface area contributed by atoms with Crippen molar-refractivity contribution in [2.45, 2.75) is 190 Å². The van der Waals surface area contributed by atoms with Gasteiger partial charge in [-0.25, -0.2) is 0 Å². The van der Waals surface area contributed by atoms with E-state index in [1.165, 1.54) is 141 Å². The largest absolute Gasteiger partial charge is 0.0654 e. The Hall–Kier alpha value is 0. The van der Waals surface area contributed by atoms with Crippen molar-refractivity contribution < 1.29 is 0 Å². The highest BCUT2D eigenvalue weighted by Crippen LogP contribution is 2.32. The summed E-state index contributed by atoms with van der Waals surface area (Å²) in [5.41, 5.74) is 0. The molecule has 0 saturated heterocycles. The van der Waals surface area contributed by atoms with E-state index in [1.807, 2.05) is 0 Å². The van der Waals surface area contributed by atoms with Crippen LogP contribution < -0.4 is 0 Å². The molecule has 0 radical (unpaired) electrons. The fourth-order valence-electron chi connectivity index (χ4n) is 5.84. The number of hydrogen-bond donors (Lipinski definition) is 0. The highest BCUT2D eigenvalue weighted by molar-refractivity contribution is 4.72. The van der Waals surface area contributed by atoms with Crippen molar-refractivity contribution in [2.24, 2.45) is 29.6 Å². The van der Waals surface area contributed by atoms with Crippen LogP contribution >= 0.6 is 0 Å². The third-order valence-electron chi connectivity index (χ3n) is 9.20. The summed E-state index contributed by atoms with van der Waals surface area (Å²) in [4.78, 5) is 0. The molecule has 0 aromatic rings. The van der Waals surface area contributed by atoms with Crippen molar-refractivity contribution in [3.63, 3.8) is 0 Å². The van der Waals surface area contributed by atoms with Crippen LogP contribution in [0, 0.1) is 29.6 Å². The summed E-state index contributed by atoms with van der Waals surface area (Å²) in [7, 11) is 0. The molecule has 0 heterocycles. The van der Waals surface area contributed by atoms with E-state index >= 15 is 0 Å². The minimum Gasteiger partial charge on any atom is -0.0654 e. The first-order valence-corrected chi connectivity index (χ1v) is 16.4. The molecule has 0 aliphatic carbocycles. The Labute approximate surface area is 219 Å². The van der Waals surface area contributed by atoms with Crippen molar-refractivity contribution in [1.82, 2.24) is 0 Å². The van der Waals surface area contributed by atoms with Crippen LogP contribution in [0.1, 0.15) is 190 Å². The molecular weight excluding hydrogens is 408 g/mol. The van der Waals surface area contributed by atoms with Gasteiger partial charge in [0.25, 0.3) is 0 Å². The molecule has 0 bridgehead atoms. The zero-order valence-corrected chi connectivity index (χ0v) is 25.4. The van der Waals surface area contributed by atoms with Crippen molar-refractivity contribution in [3.05, 3.63) is 0 Å².